The molecule has 0 aromatic carbocycles. The van der Waals surface area contributed by atoms with Crippen LogP contribution >= 0.6 is 22.6 Å². The van der Waals surface area contributed by atoms with E-state index in [-0.39, 0.29) is 6.42 Å². The number of carbonyl (C=O) groups excluding carboxylic acids is 1. The third kappa shape index (κ3) is 6.32. The molecule has 0 aliphatic carbocycles. The molecule has 10 heavy (non-hydrogen) atoms. The number of carboxylic acid groups (broad SMARTS) is 1. The molecular weight excluding hydrogens is 243 g/mol. The average Bonchev–Trinajstić information content (AvgIpc) is 1.87. The molecule has 0 bridgehead atoms. The quantitative estimate of drug-likeness (QED) is 0.542. The van der Waals surface area contributed by atoms with E-state index in [9.17, 15) is 9.90 Å². The van der Waals surface area contributed by atoms with Crippen molar-refractivity contribution in [3.05, 3.63) is 0 Å². The molecule has 3 heteroatoms. The highest BCUT2D eigenvalue weighted by molar-refractivity contribution is 14.1. The predicted molar refractivity (Wildman–Crippen MR) is 46.9 cm³/mol. The van der Waals surface area contributed by atoms with Crippen LogP contribution in [0.3, 0.4) is 0 Å². The van der Waals surface area contributed by atoms with Crippen LogP contribution in [-0.2, 0) is 4.79 Å². The number of carbonyl (C=O) groups is 1. The second-order valence-corrected chi connectivity index (χ2v) is 3.40. The molecule has 0 aliphatic rings. The van der Waals surface area contributed by atoms with Gasteiger partial charge in [-0.25, -0.2) is 0 Å². The Labute approximate surface area is 75.1 Å². The molecule has 1 unspecified atom stereocenters. The maximum absolute atomic E-state index is 9.96. The van der Waals surface area contributed by atoms with Gasteiger partial charge in [-0.15, -0.1) is 0 Å². The van der Waals surface area contributed by atoms with E-state index in [1.165, 1.54) is 0 Å². The van der Waals surface area contributed by atoms with Crippen molar-refractivity contribution in [2.45, 2.75) is 26.2 Å². The van der Waals surface area contributed by atoms with Crippen molar-refractivity contribution in [2.24, 2.45) is 5.92 Å². The summed E-state index contributed by atoms with van der Waals surface area (Å²) in [6, 6.07) is 0. The minimum Gasteiger partial charge on any atom is -0.550 e. The first-order valence-electron chi connectivity index (χ1n) is 3.42. The SMILES string of the molecule is CC(CI)CCCC(=O)[O-]. The Morgan fingerprint density at radius 3 is 2.70 bits per heavy atom. The van der Waals surface area contributed by atoms with Gasteiger partial charge in [-0.3, -0.25) is 0 Å². The van der Waals surface area contributed by atoms with Gasteiger partial charge in [0, 0.05) is 10.4 Å². The van der Waals surface area contributed by atoms with Crippen molar-refractivity contribution >= 4 is 28.6 Å². The van der Waals surface area contributed by atoms with Crippen molar-refractivity contribution in [1.29, 1.82) is 0 Å². The summed E-state index contributed by atoms with van der Waals surface area (Å²) >= 11 is 2.31. The number of aliphatic carboxylic acids is 1. The zero-order chi connectivity index (χ0) is 7.98. The van der Waals surface area contributed by atoms with E-state index in [1.54, 1.807) is 0 Å². The molecule has 0 amide bonds. The Kier molecular flexibility index (Phi) is 6.06. The molecule has 60 valence electrons. The first-order chi connectivity index (χ1) is 4.66. The Balaban J connectivity index is 3.11. The number of alkyl halides is 1. The summed E-state index contributed by atoms with van der Waals surface area (Å²) < 4.78 is 1.10. The Morgan fingerprint density at radius 2 is 2.30 bits per heavy atom. The predicted octanol–water partition coefficient (Wildman–Crippen LogP) is 0.978. The first kappa shape index (κ1) is 10.2. The van der Waals surface area contributed by atoms with Gasteiger partial charge in [0.1, 0.15) is 0 Å². The molecule has 0 aromatic rings. The molecule has 0 fully saturated rings. The fraction of sp³-hybridized carbons (Fsp3) is 0.857. The van der Waals surface area contributed by atoms with Gasteiger partial charge < -0.3 is 9.90 Å². The highest BCUT2D eigenvalue weighted by Crippen LogP contribution is 2.09. The van der Waals surface area contributed by atoms with Gasteiger partial charge in [0.05, 0.1) is 0 Å². The number of carboxylic acids is 1. The summed E-state index contributed by atoms with van der Waals surface area (Å²) in [5, 5.41) is 9.96. The van der Waals surface area contributed by atoms with Crippen LogP contribution in [0.1, 0.15) is 26.2 Å². The molecule has 0 saturated heterocycles. The third-order valence-corrected chi connectivity index (χ3v) is 2.84. The van der Waals surface area contributed by atoms with Crippen molar-refractivity contribution in [2.75, 3.05) is 4.43 Å². The summed E-state index contributed by atoms with van der Waals surface area (Å²) in [4.78, 5) is 9.96. The molecule has 0 spiro atoms. The molecule has 0 rings (SSSR count). The molecule has 1 atom stereocenters. The van der Waals surface area contributed by atoms with E-state index in [0.717, 1.165) is 17.3 Å². The number of halogens is 1. The number of hydrogen-bond acceptors (Lipinski definition) is 2. The second kappa shape index (κ2) is 5.95. The monoisotopic (exact) mass is 255 g/mol. The lowest BCUT2D eigenvalue weighted by Gasteiger charge is -2.06. The van der Waals surface area contributed by atoms with Crippen LogP contribution in [-0.4, -0.2) is 10.4 Å². The van der Waals surface area contributed by atoms with Crippen LogP contribution in [0.5, 0.6) is 0 Å². The Bertz CT molecular complexity index is 104. The van der Waals surface area contributed by atoms with Gasteiger partial charge in [-0.2, -0.15) is 0 Å². The molecule has 2 nitrogen and oxygen atoms in total. The summed E-state index contributed by atoms with van der Waals surface area (Å²) in [6.07, 6.45) is 1.96. The van der Waals surface area contributed by atoms with Crippen molar-refractivity contribution in [3.8, 4) is 0 Å². The first-order valence-corrected chi connectivity index (χ1v) is 4.95. The third-order valence-electron chi connectivity index (χ3n) is 1.34. The van der Waals surface area contributed by atoms with E-state index in [4.69, 9.17) is 0 Å². The molecular formula is C7H12IO2-. The second-order valence-electron chi connectivity index (χ2n) is 2.52. The van der Waals surface area contributed by atoms with Crippen molar-refractivity contribution < 1.29 is 9.90 Å². The normalized spacial score (nSPS) is 13.0. The lowest BCUT2D eigenvalue weighted by Crippen LogP contribution is -2.21. The summed E-state index contributed by atoms with van der Waals surface area (Å²) in [6.45, 7) is 2.13. The molecule has 0 heterocycles. The zero-order valence-electron chi connectivity index (χ0n) is 6.10. The van der Waals surface area contributed by atoms with Crippen LogP contribution in [0.25, 0.3) is 0 Å². The van der Waals surface area contributed by atoms with Crippen LogP contribution in [0, 0.1) is 5.92 Å². The maximum atomic E-state index is 9.96. The van der Waals surface area contributed by atoms with E-state index in [2.05, 4.69) is 29.5 Å². The summed E-state index contributed by atoms with van der Waals surface area (Å²) in [5.74, 6) is -0.291. The van der Waals surface area contributed by atoms with Crippen LogP contribution in [0.15, 0.2) is 0 Å². The fourth-order valence-corrected chi connectivity index (χ4v) is 1.11. The molecule has 0 radical (unpaired) electrons. The maximum Gasteiger partial charge on any atom is 0.0414 e. The standard InChI is InChI=1S/C7H13IO2/c1-6(5-8)3-2-4-7(9)10/h6H,2-5H2,1H3,(H,9,10)/p-1. The van der Waals surface area contributed by atoms with E-state index < -0.39 is 5.97 Å². The van der Waals surface area contributed by atoms with Crippen LogP contribution < -0.4 is 5.11 Å². The lowest BCUT2D eigenvalue weighted by atomic mass is 10.1. The van der Waals surface area contributed by atoms with Gasteiger partial charge >= 0.3 is 0 Å². The van der Waals surface area contributed by atoms with E-state index in [1.807, 2.05) is 0 Å². The summed E-state index contributed by atoms with van der Waals surface area (Å²) in [7, 11) is 0. The van der Waals surface area contributed by atoms with E-state index >= 15 is 0 Å². The Morgan fingerprint density at radius 1 is 1.70 bits per heavy atom. The van der Waals surface area contributed by atoms with Gasteiger partial charge in [0.25, 0.3) is 0 Å². The highest BCUT2D eigenvalue weighted by Gasteiger charge is 1.98. The van der Waals surface area contributed by atoms with Gasteiger partial charge in [0.2, 0.25) is 0 Å². The van der Waals surface area contributed by atoms with Crippen LogP contribution in [0.4, 0.5) is 0 Å². The minimum atomic E-state index is -0.930. The van der Waals surface area contributed by atoms with Gasteiger partial charge in [-0.1, -0.05) is 29.5 Å². The molecule has 0 aliphatic heterocycles. The molecule has 0 aromatic heterocycles. The largest absolute Gasteiger partial charge is 0.550 e. The number of rotatable bonds is 5. The van der Waals surface area contributed by atoms with E-state index in [0.29, 0.717) is 5.92 Å². The molecule has 0 saturated carbocycles. The smallest absolute Gasteiger partial charge is 0.0414 e. The minimum absolute atomic E-state index is 0.209. The van der Waals surface area contributed by atoms with Gasteiger partial charge in [-0.05, 0) is 25.2 Å². The fourth-order valence-electron chi connectivity index (χ4n) is 0.672. The highest BCUT2D eigenvalue weighted by atomic mass is 127. The average molecular weight is 255 g/mol. The topological polar surface area (TPSA) is 40.1 Å². The van der Waals surface area contributed by atoms with Crippen molar-refractivity contribution in [3.63, 3.8) is 0 Å². The summed E-state index contributed by atoms with van der Waals surface area (Å²) in [5.41, 5.74) is 0. The number of hydrogen-bond donors (Lipinski definition) is 0. The van der Waals surface area contributed by atoms with Crippen LogP contribution in [0.2, 0.25) is 0 Å². The van der Waals surface area contributed by atoms with Gasteiger partial charge in [0.15, 0.2) is 0 Å². The Hall–Kier alpha value is 0.200. The lowest BCUT2D eigenvalue weighted by molar-refractivity contribution is -0.305. The zero-order valence-corrected chi connectivity index (χ0v) is 8.26. The molecule has 0 N–H and O–H groups in total. The van der Waals surface area contributed by atoms with Crippen molar-refractivity contribution in [1.82, 2.24) is 0 Å².